The molecule has 0 radical (unpaired) electrons. The zero-order valence-electron chi connectivity index (χ0n) is 10.3. The van der Waals surface area contributed by atoms with Gasteiger partial charge in [-0.25, -0.2) is 4.39 Å². The van der Waals surface area contributed by atoms with Gasteiger partial charge in [-0.2, -0.15) is 5.26 Å². The van der Waals surface area contributed by atoms with Gasteiger partial charge in [-0.3, -0.25) is 0 Å². The molecule has 0 saturated heterocycles. The predicted molar refractivity (Wildman–Crippen MR) is 70.5 cm³/mol. The van der Waals surface area contributed by atoms with E-state index in [1.165, 1.54) is 12.1 Å². The smallest absolute Gasteiger partial charge is 0.140 e. The molecule has 2 rings (SSSR count). The summed E-state index contributed by atoms with van der Waals surface area (Å²) >= 11 is 0. The first-order valence-electron chi connectivity index (χ1n) is 5.80. The van der Waals surface area contributed by atoms with E-state index < -0.39 is 5.82 Å². The van der Waals surface area contributed by atoms with Crippen molar-refractivity contribution in [1.82, 2.24) is 0 Å². The number of hydrogen-bond acceptors (Lipinski definition) is 3. The Hall–Kier alpha value is -2.38. The Labute approximate surface area is 111 Å². The average molecular weight is 256 g/mol. The molecule has 0 unspecified atom stereocenters. The highest BCUT2D eigenvalue weighted by Gasteiger charge is 2.03. The first-order valence-corrected chi connectivity index (χ1v) is 5.80. The fraction of sp³-hybridized carbons (Fsp3) is 0.133. The van der Waals surface area contributed by atoms with E-state index in [0.717, 1.165) is 11.1 Å². The van der Waals surface area contributed by atoms with Crippen molar-refractivity contribution >= 4 is 5.69 Å². The maximum absolute atomic E-state index is 13.1. The quantitative estimate of drug-likeness (QED) is 0.855. The molecule has 0 fully saturated rings. The number of hydrogen-bond donors (Lipinski definition) is 1. The van der Waals surface area contributed by atoms with E-state index in [-0.39, 0.29) is 5.56 Å². The van der Waals surface area contributed by atoms with E-state index in [1.807, 2.05) is 24.3 Å². The van der Waals surface area contributed by atoms with Crippen molar-refractivity contribution in [2.75, 3.05) is 5.73 Å². The lowest BCUT2D eigenvalue weighted by molar-refractivity contribution is 0.107. The van der Waals surface area contributed by atoms with Gasteiger partial charge in [-0.1, -0.05) is 18.2 Å². The van der Waals surface area contributed by atoms with Crippen LogP contribution in [0.1, 0.15) is 16.7 Å². The first-order chi connectivity index (χ1) is 9.19. The van der Waals surface area contributed by atoms with Crippen LogP contribution in [-0.4, -0.2) is 0 Å². The van der Waals surface area contributed by atoms with E-state index in [1.54, 1.807) is 12.1 Å². The molecule has 0 aromatic heterocycles. The monoisotopic (exact) mass is 256 g/mol. The third-order valence-corrected chi connectivity index (χ3v) is 2.67. The van der Waals surface area contributed by atoms with E-state index in [2.05, 4.69) is 0 Å². The number of anilines is 1. The van der Waals surface area contributed by atoms with E-state index in [9.17, 15) is 4.39 Å². The minimum Gasteiger partial charge on any atom is -0.399 e. The summed E-state index contributed by atoms with van der Waals surface area (Å²) in [7, 11) is 0. The Morgan fingerprint density at radius 3 is 2.37 bits per heavy atom. The molecule has 0 aliphatic rings. The maximum Gasteiger partial charge on any atom is 0.140 e. The Bertz CT molecular complexity index is 603. The SMILES string of the molecule is N#Cc1cc(COCc2ccc(N)cc2)ccc1F. The number of nitrogens with two attached hydrogens (primary N) is 1. The lowest BCUT2D eigenvalue weighted by Crippen LogP contribution is -1.96. The standard InChI is InChI=1S/C15H13FN2O/c16-15-6-3-12(7-13(15)8-17)10-19-9-11-1-4-14(18)5-2-11/h1-7H,9-10,18H2. The van der Waals surface area contributed by atoms with Crippen LogP contribution < -0.4 is 5.73 Å². The Morgan fingerprint density at radius 1 is 1.05 bits per heavy atom. The molecular weight excluding hydrogens is 243 g/mol. The highest BCUT2D eigenvalue weighted by molar-refractivity contribution is 5.39. The zero-order chi connectivity index (χ0) is 13.7. The minimum atomic E-state index is -0.509. The summed E-state index contributed by atoms with van der Waals surface area (Å²) in [6, 6.07) is 13.6. The molecule has 19 heavy (non-hydrogen) atoms. The lowest BCUT2D eigenvalue weighted by Gasteiger charge is -2.05. The van der Waals surface area contributed by atoms with Crippen LogP contribution in [0.5, 0.6) is 0 Å². The molecule has 3 nitrogen and oxygen atoms in total. The molecule has 0 spiro atoms. The number of nitrogen functional groups attached to an aromatic ring is 1. The number of nitrogens with zero attached hydrogens (tertiary/aromatic N) is 1. The van der Waals surface area contributed by atoms with Crippen LogP contribution in [-0.2, 0) is 18.0 Å². The number of rotatable bonds is 4. The van der Waals surface area contributed by atoms with Gasteiger partial charge in [-0.15, -0.1) is 0 Å². The van der Waals surface area contributed by atoms with Crippen molar-refractivity contribution < 1.29 is 9.13 Å². The molecule has 96 valence electrons. The molecule has 2 aromatic rings. The van der Waals surface area contributed by atoms with Gasteiger partial charge in [0.15, 0.2) is 0 Å². The number of nitriles is 1. The van der Waals surface area contributed by atoms with Crippen molar-refractivity contribution in [2.24, 2.45) is 0 Å². The fourth-order valence-electron chi connectivity index (χ4n) is 1.65. The van der Waals surface area contributed by atoms with Gasteiger partial charge < -0.3 is 10.5 Å². The minimum absolute atomic E-state index is 0.0357. The molecule has 0 amide bonds. The van der Waals surface area contributed by atoms with Crippen LogP contribution in [0.2, 0.25) is 0 Å². The van der Waals surface area contributed by atoms with Gasteiger partial charge in [0.05, 0.1) is 18.8 Å². The van der Waals surface area contributed by atoms with Crippen LogP contribution in [0, 0.1) is 17.1 Å². The summed E-state index contributed by atoms with van der Waals surface area (Å²) in [4.78, 5) is 0. The van der Waals surface area contributed by atoms with E-state index in [0.29, 0.717) is 18.9 Å². The molecular formula is C15H13FN2O. The van der Waals surface area contributed by atoms with E-state index >= 15 is 0 Å². The second kappa shape index (κ2) is 5.98. The summed E-state index contributed by atoms with van der Waals surface area (Å²) in [5.41, 5.74) is 8.11. The second-order valence-electron chi connectivity index (χ2n) is 4.16. The summed E-state index contributed by atoms with van der Waals surface area (Å²) in [6.07, 6.45) is 0. The van der Waals surface area contributed by atoms with Crippen molar-refractivity contribution in [3.05, 3.63) is 65.0 Å². The van der Waals surface area contributed by atoms with Gasteiger partial charge in [-0.05, 0) is 35.4 Å². The van der Waals surface area contributed by atoms with Crippen molar-refractivity contribution in [3.63, 3.8) is 0 Å². The van der Waals surface area contributed by atoms with Crippen LogP contribution in [0.25, 0.3) is 0 Å². The third kappa shape index (κ3) is 3.54. The van der Waals surface area contributed by atoms with Crippen molar-refractivity contribution in [1.29, 1.82) is 5.26 Å². The fourth-order valence-corrected chi connectivity index (χ4v) is 1.65. The maximum atomic E-state index is 13.1. The lowest BCUT2D eigenvalue weighted by atomic mass is 10.1. The molecule has 0 aliphatic heterocycles. The number of halogens is 1. The summed E-state index contributed by atoms with van der Waals surface area (Å²) in [5, 5.41) is 8.73. The Balaban J connectivity index is 1.92. The summed E-state index contributed by atoms with van der Waals surface area (Å²) in [6.45, 7) is 0.777. The van der Waals surface area contributed by atoms with Crippen molar-refractivity contribution in [3.8, 4) is 6.07 Å². The van der Waals surface area contributed by atoms with Gasteiger partial charge in [0.25, 0.3) is 0 Å². The molecule has 2 N–H and O–H groups in total. The molecule has 0 aliphatic carbocycles. The van der Waals surface area contributed by atoms with Crippen LogP contribution in [0.4, 0.5) is 10.1 Å². The zero-order valence-corrected chi connectivity index (χ0v) is 10.3. The van der Waals surface area contributed by atoms with Gasteiger partial charge in [0, 0.05) is 5.69 Å². The highest BCUT2D eigenvalue weighted by atomic mass is 19.1. The van der Waals surface area contributed by atoms with E-state index in [4.69, 9.17) is 15.7 Å². The molecule has 0 saturated carbocycles. The molecule has 4 heteroatoms. The molecule has 0 atom stereocenters. The van der Waals surface area contributed by atoms with Crippen LogP contribution >= 0.6 is 0 Å². The Kier molecular flexibility index (Phi) is 4.11. The average Bonchev–Trinajstić information content (AvgIpc) is 2.43. The molecule has 2 aromatic carbocycles. The normalized spacial score (nSPS) is 10.1. The van der Waals surface area contributed by atoms with Gasteiger partial charge in [0.1, 0.15) is 11.9 Å². The summed E-state index contributed by atoms with van der Waals surface area (Å²) in [5.74, 6) is -0.509. The summed E-state index contributed by atoms with van der Waals surface area (Å²) < 4.78 is 18.6. The highest BCUT2D eigenvalue weighted by Crippen LogP contribution is 2.12. The first kappa shape index (κ1) is 13.1. The van der Waals surface area contributed by atoms with Crippen LogP contribution in [0.15, 0.2) is 42.5 Å². The van der Waals surface area contributed by atoms with Crippen LogP contribution in [0.3, 0.4) is 0 Å². The largest absolute Gasteiger partial charge is 0.399 e. The second-order valence-corrected chi connectivity index (χ2v) is 4.16. The Morgan fingerprint density at radius 2 is 1.68 bits per heavy atom. The van der Waals surface area contributed by atoms with Gasteiger partial charge in [0.2, 0.25) is 0 Å². The number of benzene rings is 2. The third-order valence-electron chi connectivity index (χ3n) is 2.67. The topological polar surface area (TPSA) is 59.0 Å². The van der Waals surface area contributed by atoms with Crippen molar-refractivity contribution in [2.45, 2.75) is 13.2 Å². The predicted octanol–water partition coefficient (Wildman–Crippen LogP) is 3.00. The molecule has 0 bridgehead atoms. The molecule has 0 heterocycles. The number of ether oxygens (including phenoxy) is 1. The van der Waals surface area contributed by atoms with Gasteiger partial charge >= 0.3 is 0 Å².